The monoisotopic (exact) mass is 396 g/mol. The molecule has 0 spiro atoms. The van der Waals surface area contributed by atoms with E-state index < -0.39 is 0 Å². The summed E-state index contributed by atoms with van der Waals surface area (Å²) >= 11 is 3.56. The lowest BCUT2D eigenvalue weighted by Gasteiger charge is -2.23. The molecule has 1 aromatic heterocycles. The maximum Gasteiger partial charge on any atom is 0.136 e. The molecule has 0 unspecified atom stereocenters. The van der Waals surface area contributed by atoms with Crippen LogP contribution in [-0.2, 0) is 6.54 Å². The van der Waals surface area contributed by atoms with Crippen LogP contribution in [-0.4, -0.2) is 16.5 Å². The third-order valence-corrected chi connectivity index (χ3v) is 4.57. The molecule has 0 saturated carbocycles. The molecule has 0 amide bonds. The Morgan fingerprint density at radius 1 is 1.00 bits per heavy atom. The number of hydrogen-bond acceptors (Lipinski definition) is 4. The second kappa shape index (κ2) is 8.12. The number of para-hydroxylation sites is 1. The van der Waals surface area contributed by atoms with Gasteiger partial charge in [-0.1, -0.05) is 42.5 Å². The predicted molar refractivity (Wildman–Crippen MR) is 107 cm³/mol. The summed E-state index contributed by atoms with van der Waals surface area (Å²) in [6.07, 6.45) is 0. The standard InChI is InChI=1S/C20H21BrN4/c1-3-25(14-16-9-5-4-6-10-16)20-13-19(22-15(2)23-20)24-18-12-8-7-11-17(18)21/h4-13H,3,14H2,1-2H3,(H,22,23,24). The first-order chi connectivity index (χ1) is 12.2. The van der Waals surface area contributed by atoms with Crippen LogP contribution in [0.15, 0.2) is 65.1 Å². The SMILES string of the molecule is CCN(Cc1ccccc1)c1cc(Nc2ccccc2Br)nc(C)n1. The number of halogens is 1. The van der Waals surface area contributed by atoms with Gasteiger partial charge in [0.05, 0.1) is 5.69 Å². The van der Waals surface area contributed by atoms with E-state index in [1.807, 2.05) is 43.3 Å². The van der Waals surface area contributed by atoms with Gasteiger partial charge in [-0.3, -0.25) is 0 Å². The average molecular weight is 397 g/mol. The summed E-state index contributed by atoms with van der Waals surface area (Å²) in [6, 6.07) is 20.4. The molecule has 0 aliphatic carbocycles. The van der Waals surface area contributed by atoms with Gasteiger partial charge in [0, 0.05) is 23.6 Å². The summed E-state index contributed by atoms with van der Waals surface area (Å²) in [7, 11) is 0. The Bertz CT molecular complexity index is 836. The fourth-order valence-electron chi connectivity index (χ4n) is 2.64. The first-order valence-corrected chi connectivity index (χ1v) is 9.11. The molecule has 25 heavy (non-hydrogen) atoms. The third kappa shape index (κ3) is 4.57. The maximum absolute atomic E-state index is 4.63. The topological polar surface area (TPSA) is 41.0 Å². The molecule has 3 rings (SSSR count). The Morgan fingerprint density at radius 2 is 1.72 bits per heavy atom. The van der Waals surface area contributed by atoms with Gasteiger partial charge in [-0.15, -0.1) is 0 Å². The van der Waals surface area contributed by atoms with Gasteiger partial charge in [0.2, 0.25) is 0 Å². The Balaban J connectivity index is 1.86. The summed E-state index contributed by atoms with van der Waals surface area (Å²) < 4.78 is 1.00. The highest BCUT2D eigenvalue weighted by Gasteiger charge is 2.10. The highest BCUT2D eigenvalue weighted by Crippen LogP contribution is 2.26. The number of anilines is 3. The lowest BCUT2D eigenvalue weighted by Crippen LogP contribution is -2.23. The molecule has 0 aliphatic heterocycles. The van der Waals surface area contributed by atoms with Gasteiger partial charge in [-0.2, -0.15) is 0 Å². The Morgan fingerprint density at radius 3 is 2.44 bits per heavy atom. The smallest absolute Gasteiger partial charge is 0.136 e. The summed E-state index contributed by atoms with van der Waals surface area (Å²) in [5.41, 5.74) is 2.25. The number of aryl methyl sites for hydroxylation is 1. The van der Waals surface area contributed by atoms with Gasteiger partial charge in [0.1, 0.15) is 17.5 Å². The summed E-state index contributed by atoms with van der Waals surface area (Å²) in [5, 5.41) is 3.37. The van der Waals surface area contributed by atoms with Crippen LogP contribution in [0.3, 0.4) is 0 Å². The molecule has 0 aliphatic rings. The zero-order valence-electron chi connectivity index (χ0n) is 14.4. The second-order valence-electron chi connectivity index (χ2n) is 5.76. The molecule has 0 bridgehead atoms. The van der Waals surface area contributed by atoms with Crippen LogP contribution in [0.25, 0.3) is 0 Å². The molecular formula is C20H21BrN4. The Kier molecular flexibility index (Phi) is 5.66. The van der Waals surface area contributed by atoms with E-state index in [-0.39, 0.29) is 0 Å². The molecule has 0 atom stereocenters. The Labute approximate surface area is 157 Å². The van der Waals surface area contributed by atoms with Gasteiger partial charge >= 0.3 is 0 Å². The van der Waals surface area contributed by atoms with Gasteiger partial charge in [-0.25, -0.2) is 9.97 Å². The van der Waals surface area contributed by atoms with Crippen molar-refractivity contribution in [1.29, 1.82) is 0 Å². The van der Waals surface area contributed by atoms with Crippen molar-refractivity contribution in [2.75, 3.05) is 16.8 Å². The molecule has 1 N–H and O–H groups in total. The molecule has 4 nitrogen and oxygen atoms in total. The van der Waals surface area contributed by atoms with Gasteiger partial charge in [0.15, 0.2) is 0 Å². The van der Waals surface area contributed by atoms with Gasteiger partial charge in [-0.05, 0) is 47.5 Å². The molecule has 0 radical (unpaired) electrons. The van der Waals surface area contributed by atoms with E-state index in [0.717, 1.165) is 40.7 Å². The lowest BCUT2D eigenvalue weighted by atomic mass is 10.2. The van der Waals surface area contributed by atoms with E-state index in [9.17, 15) is 0 Å². The minimum atomic E-state index is 0.749. The molecule has 5 heteroatoms. The first kappa shape index (κ1) is 17.4. The minimum absolute atomic E-state index is 0.749. The van der Waals surface area contributed by atoms with Crippen molar-refractivity contribution in [3.8, 4) is 0 Å². The van der Waals surface area contributed by atoms with Crippen LogP contribution in [0.1, 0.15) is 18.3 Å². The molecule has 1 heterocycles. The van der Waals surface area contributed by atoms with Crippen molar-refractivity contribution >= 4 is 33.3 Å². The maximum atomic E-state index is 4.63. The van der Waals surface area contributed by atoms with Gasteiger partial charge in [0.25, 0.3) is 0 Å². The van der Waals surface area contributed by atoms with Crippen molar-refractivity contribution < 1.29 is 0 Å². The van der Waals surface area contributed by atoms with E-state index in [0.29, 0.717) is 0 Å². The van der Waals surface area contributed by atoms with Crippen molar-refractivity contribution in [1.82, 2.24) is 9.97 Å². The van der Waals surface area contributed by atoms with E-state index in [2.05, 4.69) is 67.3 Å². The van der Waals surface area contributed by atoms with Crippen molar-refractivity contribution in [3.05, 3.63) is 76.5 Å². The molecule has 3 aromatic rings. The van der Waals surface area contributed by atoms with Crippen LogP contribution in [0, 0.1) is 6.92 Å². The summed E-state index contributed by atoms with van der Waals surface area (Å²) in [5.74, 6) is 2.47. The normalized spacial score (nSPS) is 10.5. The highest BCUT2D eigenvalue weighted by atomic mass is 79.9. The van der Waals surface area contributed by atoms with Crippen molar-refractivity contribution in [2.45, 2.75) is 20.4 Å². The van der Waals surface area contributed by atoms with Gasteiger partial charge < -0.3 is 10.2 Å². The first-order valence-electron chi connectivity index (χ1n) is 8.32. The largest absolute Gasteiger partial charge is 0.352 e. The zero-order valence-corrected chi connectivity index (χ0v) is 16.0. The molecule has 2 aromatic carbocycles. The highest BCUT2D eigenvalue weighted by molar-refractivity contribution is 9.10. The lowest BCUT2D eigenvalue weighted by molar-refractivity contribution is 0.805. The quantitative estimate of drug-likeness (QED) is 0.612. The third-order valence-electron chi connectivity index (χ3n) is 3.88. The number of hydrogen-bond donors (Lipinski definition) is 1. The molecular weight excluding hydrogens is 376 g/mol. The van der Waals surface area contributed by atoms with Crippen molar-refractivity contribution in [3.63, 3.8) is 0 Å². The van der Waals surface area contributed by atoms with Crippen LogP contribution >= 0.6 is 15.9 Å². The predicted octanol–water partition coefficient (Wildman–Crippen LogP) is 5.32. The van der Waals surface area contributed by atoms with Crippen LogP contribution < -0.4 is 10.2 Å². The van der Waals surface area contributed by atoms with E-state index in [1.54, 1.807) is 0 Å². The van der Waals surface area contributed by atoms with Crippen LogP contribution in [0.4, 0.5) is 17.3 Å². The van der Waals surface area contributed by atoms with E-state index in [1.165, 1.54) is 5.56 Å². The number of benzene rings is 2. The van der Waals surface area contributed by atoms with Crippen molar-refractivity contribution in [2.24, 2.45) is 0 Å². The number of nitrogens with zero attached hydrogens (tertiary/aromatic N) is 3. The summed E-state index contributed by atoms with van der Waals surface area (Å²) in [6.45, 7) is 5.76. The van der Waals surface area contributed by atoms with Crippen LogP contribution in [0.2, 0.25) is 0 Å². The zero-order chi connectivity index (χ0) is 17.6. The number of rotatable bonds is 6. The van der Waals surface area contributed by atoms with Crippen LogP contribution in [0.5, 0.6) is 0 Å². The fourth-order valence-corrected chi connectivity index (χ4v) is 3.02. The molecule has 0 fully saturated rings. The minimum Gasteiger partial charge on any atom is -0.352 e. The Hall–Kier alpha value is -2.40. The average Bonchev–Trinajstić information content (AvgIpc) is 2.62. The second-order valence-corrected chi connectivity index (χ2v) is 6.62. The van der Waals surface area contributed by atoms with E-state index in [4.69, 9.17) is 0 Å². The van der Waals surface area contributed by atoms with E-state index >= 15 is 0 Å². The summed E-state index contributed by atoms with van der Waals surface area (Å²) in [4.78, 5) is 11.4. The fraction of sp³-hybridized carbons (Fsp3) is 0.200. The molecule has 128 valence electrons. The number of nitrogens with one attached hydrogen (secondary N) is 1. The number of aromatic nitrogens is 2. The molecule has 0 saturated heterocycles.